The van der Waals surface area contributed by atoms with Gasteiger partial charge in [-0.15, -0.1) is 0 Å². The highest BCUT2D eigenvalue weighted by Gasteiger charge is 2.44. The summed E-state index contributed by atoms with van der Waals surface area (Å²) >= 11 is 0. The summed E-state index contributed by atoms with van der Waals surface area (Å²) in [4.78, 5) is 42.5. The van der Waals surface area contributed by atoms with Gasteiger partial charge in [0.05, 0.1) is 26.6 Å². The van der Waals surface area contributed by atoms with Crippen LogP contribution in [0.3, 0.4) is 0 Å². The molecule has 1 fully saturated rings. The molecule has 12 nitrogen and oxygen atoms in total. The first-order valence-corrected chi connectivity index (χ1v) is 10.1. The molecule has 1 heterocycles. The van der Waals surface area contributed by atoms with E-state index in [9.17, 15) is 38.4 Å². The Morgan fingerprint density at radius 2 is 1.73 bits per heavy atom. The van der Waals surface area contributed by atoms with Gasteiger partial charge >= 0.3 is 0 Å². The lowest BCUT2D eigenvalue weighted by Gasteiger charge is -2.38. The van der Waals surface area contributed by atoms with Crippen LogP contribution in [-0.4, -0.2) is 29.5 Å². The number of phosphoric acid groups is 3. The topological polar surface area (TPSA) is 201 Å². The van der Waals surface area contributed by atoms with Crippen molar-refractivity contribution in [3.8, 4) is 0 Å². The molecule has 22 heavy (non-hydrogen) atoms. The Hall–Kier alpha value is 0.330. The third kappa shape index (κ3) is 6.45. The summed E-state index contributed by atoms with van der Waals surface area (Å²) in [5.74, 6) is 0. The molecule has 15 heteroatoms. The average molecular weight is 382 g/mol. The minimum atomic E-state index is -6.03. The molecule has 1 saturated heterocycles. The molecule has 2 unspecified atom stereocenters. The van der Waals surface area contributed by atoms with Crippen molar-refractivity contribution in [1.82, 2.24) is 0 Å². The van der Waals surface area contributed by atoms with Crippen molar-refractivity contribution in [3.63, 3.8) is 0 Å². The van der Waals surface area contributed by atoms with Gasteiger partial charge in [-0.2, -0.15) is 0 Å². The van der Waals surface area contributed by atoms with Crippen LogP contribution in [-0.2, 0) is 31.6 Å². The van der Waals surface area contributed by atoms with E-state index in [4.69, 9.17) is 4.74 Å². The Morgan fingerprint density at radius 3 is 2.14 bits per heavy atom. The van der Waals surface area contributed by atoms with Gasteiger partial charge in [0.2, 0.25) is 0 Å². The van der Waals surface area contributed by atoms with Crippen molar-refractivity contribution in [3.05, 3.63) is 0 Å². The van der Waals surface area contributed by atoms with Gasteiger partial charge in [-0.3, -0.25) is 13.4 Å². The molecule has 0 amide bonds. The fourth-order valence-electron chi connectivity index (χ4n) is 1.77. The maximum atomic E-state index is 11.3. The van der Waals surface area contributed by atoms with Crippen molar-refractivity contribution in [2.24, 2.45) is 0 Å². The largest absolute Gasteiger partial charge is 0.790 e. The molecule has 132 valence electrons. The number of phosphoric ester groups is 1. The van der Waals surface area contributed by atoms with Gasteiger partial charge in [0.1, 0.15) is 5.60 Å². The van der Waals surface area contributed by atoms with Gasteiger partial charge in [0.15, 0.2) is 0 Å². The first-order chi connectivity index (χ1) is 9.64. The molecule has 0 spiro atoms. The van der Waals surface area contributed by atoms with Crippen LogP contribution in [0.5, 0.6) is 0 Å². The first-order valence-electron chi connectivity index (χ1n) is 5.71. The molecule has 1 aliphatic heterocycles. The Kier molecular flexibility index (Phi) is 6.19. The van der Waals surface area contributed by atoms with Crippen LogP contribution in [0.4, 0.5) is 0 Å². The van der Waals surface area contributed by atoms with Crippen LogP contribution in [0.25, 0.3) is 0 Å². The summed E-state index contributed by atoms with van der Waals surface area (Å²) in [6.07, 6.45) is -1.28. The summed E-state index contributed by atoms with van der Waals surface area (Å²) in [6.45, 7) is 2.13. The van der Waals surface area contributed by atoms with E-state index in [1.807, 2.05) is 0 Å². The Labute approximate surface area is 125 Å². The third-order valence-electron chi connectivity index (χ3n) is 2.64. The number of ether oxygens (including phenoxy) is 1. The highest BCUT2D eigenvalue weighted by Crippen LogP contribution is 2.60. The van der Waals surface area contributed by atoms with Crippen LogP contribution < -0.4 is 19.6 Å². The fourth-order valence-corrected chi connectivity index (χ4v) is 4.72. The van der Waals surface area contributed by atoms with Gasteiger partial charge in [-0.05, 0) is 13.8 Å². The van der Waals surface area contributed by atoms with E-state index >= 15 is 0 Å². The van der Waals surface area contributed by atoms with E-state index in [1.165, 1.54) is 6.92 Å². The van der Waals surface area contributed by atoms with Gasteiger partial charge in [0, 0.05) is 6.42 Å². The SMILES string of the molecule is C[C@H]1C[C@@H](O)[C@@](C)(COP(=O)([O-])OP(=O)([O-])OP(=O)([O-])[O-])O1. The Morgan fingerprint density at radius 1 is 1.18 bits per heavy atom. The van der Waals surface area contributed by atoms with E-state index in [1.54, 1.807) is 6.92 Å². The molecule has 0 aliphatic carbocycles. The molecule has 0 aromatic rings. The van der Waals surface area contributed by atoms with E-state index in [0.717, 1.165) is 0 Å². The van der Waals surface area contributed by atoms with E-state index < -0.39 is 47.9 Å². The normalized spacial score (nSPS) is 35.0. The minimum Gasteiger partial charge on any atom is -0.790 e. The molecule has 1 N–H and O–H groups in total. The lowest BCUT2D eigenvalue weighted by Crippen LogP contribution is -2.41. The molecule has 0 aromatic heterocycles. The van der Waals surface area contributed by atoms with Gasteiger partial charge < -0.3 is 38.5 Å². The summed E-state index contributed by atoms with van der Waals surface area (Å²) in [5.41, 5.74) is -1.44. The monoisotopic (exact) mass is 382 g/mol. The lowest BCUT2D eigenvalue weighted by atomic mass is 10.0. The van der Waals surface area contributed by atoms with Crippen molar-refractivity contribution in [1.29, 1.82) is 0 Å². The number of aliphatic hydroxyl groups excluding tert-OH is 1. The molecular weight excluding hydrogens is 369 g/mol. The summed E-state index contributed by atoms with van der Waals surface area (Å²) in [5, 5.41) is 9.70. The molecule has 0 aromatic carbocycles. The fraction of sp³-hybridized carbons (Fsp3) is 1.00. The summed E-state index contributed by atoms with van der Waals surface area (Å²) in [6, 6.07) is 0. The second-order valence-electron chi connectivity index (χ2n) is 4.77. The number of hydrogen-bond donors (Lipinski definition) is 1. The molecule has 1 aliphatic rings. The molecule has 5 atom stereocenters. The van der Waals surface area contributed by atoms with Crippen molar-refractivity contribution < 1.29 is 56.3 Å². The minimum absolute atomic E-state index is 0.197. The van der Waals surface area contributed by atoms with Crippen molar-refractivity contribution >= 4 is 23.5 Å². The van der Waals surface area contributed by atoms with Crippen LogP contribution in [0, 0.1) is 0 Å². The number of aliphatic hydroxyl groups is 1. The van der Waals surface area contributed by atoms with Gasteiger partial charge in [0.25, 0.3) is 15.6 Å². The second-order valence-corrected chi connectivity index (χ2v) is 9.02. The smallest absolute Gasteiger partial charge is 0.278 e. The van der Waals surface area contributed by atoms with E-state index in [-0.39, 0.29) is 6.42 Å². The van der Waals surface area contributed by atoms with Crippen LogP contribution in [0.2, 0.25) is 0 Å². The van der Waals surface area contributed by atoms with Crippen LogP contribution in [0.15, 0.2) is 0 Å². The van der Waals surface area contributed by atoms with Crippen LogP contribution in [0.1, 0.15) is 20.3 Å². The molecule has 0 radical (unpaired) electrons. The number of hydrogen-bond acceptors (Lipinski definition) is 12. The van der Waals surface area contributed by atoms with Crippen LogP contribution >= 0.6 is 23.5 Å². The Bertz CT molecular complexity index is 543. The van der Waals surface area contributed by atoms with Gasteiger partial charge in [-0.1, -0.05) is 0 Å². The molecule has 1 rings (SSSR count). The predicted octanol–water partition coefficient (Wildman–Crippen LogP) is -2.27. The third-order valence-corrected chi connectivity index (χ3v) is 6.29. The molecule has 0 bridgehead atoms. The molecule has 0 saturated carbocycles. The average Bonchev–Trinajstić information content (AvgIpc) is 2.45. The lowest BCUT2D eigenvalue weighted by molar-refractivity contribution is -0.339. The molecular formula is C7H13O12P3-4. The number of rotatable bonds is 7. The second kappa shape index (κ2) is 6.68. The Balaban J connectivity index is 2.67. The zero-order valence-corrected chi connectivity index (χ0v) is 14.0. The van der Waals surface area contributed by atoms with Crippen molar-refractivity contribution in [2.45, 2.75) is 38.1 Å². The quantitative estimate of drug-likeness (QED) is 0.463. The van der Waals surface area contributed by atoms with Gasteiger partial charge in [-0.25, -0.2) is 4.31 Å². The van der Waals surface area contributed by atoms with Crippen molar-refractivity contribution in [2.75, 3.05) is 6.61 Å². The maximum Gasteiger partial charge on any atom is 0.278 e. The van der Waals surface area contributed by atoms with E-state index in [0.29, 0.717) is 0 Å². The highest BCUT2D eigenvalue weighted by atomic mass is 31.3. The summed E-state index contributed by atoms with van der Waals surface area (Å²) < 4.78 is 48.3. The predicted molar refractivity (Wildman–Crippen MR) is 60.5 cm³/mol. The first kappa shape index (κ1) is 20.4. The zero-order chi connectivity index (χ0) is 17.4. The zero-order valence-electron chi connectivity index (χ0n) is 11.3. The summed E-state index contributed by atoms with van der Waals surface area (Å²) in [7, 11) is -17.6. The highest BCUT2D eigenvalue weighted by molar-refractivity contribution is 7.64. The standard InChI is InChI=1S/C7H17O12P3/c1-5-3-6(8)7(2,17-5)4-16-21(12,13)19-22(14,15)18-20(9,10)11/h5-6,8H,3-4H2,1-2H3,(H,12,13)(H,14,15)(H2,9,10,11)/p-4/t5-,6+,7+/m0/s1. The maximum absolute atomic E-state index is 11.3. The van der Waals surface area contributed by atoms with E-state index in [2.05, 4.69) is 13.1 Å².